The summed E-state index contributed by atoms with van der Waals surface area (Å²) in [5, 5.41) is 10.2. The molecule has 1 saturated carbocycles. The van der Waals surface area contributed by atoms with Crippen LogP contribution in [-0.2, 0) is 4.74 Å². The van der Waals surface area contributed by atoms with Crippen LogP contribution in [0.3, 0.4) is 0 Å². The lowest BCUT2D eigenvalue weighted by Crippen LogP contribution is -2.62. The molecular weight excluding hydrogens is 320 g/mol. The van der Waals surface area contributed by atoms with Crippen LogP contribution in [0.25, 0.3) is 0 Å². The van der Waals surface area contributed by atoms with Crippen molar-refractivity contribution in [2.24, 2.45) is 5.41 Å². The third kappa shape index (κ3) is 2.36. The molecule has 3 rings (SSSR count). The number of anilines is 1. The van der Waals surface area contributed by atoms with Gasteiger partial charge >= 0.3 is 0 Å². The van der Waals surface area contributed by atoms with Gasteiger partial charge in [-0.2, -0.15) is 0 Å². The molecule has 4 nitrogen and oxygen atoms in total. The van der Waals surface area contributed by atoms with Gasteiger partial charge in [-0.05, 0) is 41.8 Å². The van der Waals surface area contributed by atoms with E-state index in [2.05, 4.69) is 31.9 Å². The number of nitrogens with zero attached hydrogens (tertiary/aromatic N) is 2. The van der Waals surface area contributed by atoms with Crippen molar-refractivity contribution in [1.82, 2.24) is 4.98 Å². The van der Waals surface area contributed by atoms with Gasteiger partial charge in [-0.25, -0.2) is 0 Å². The summed E-state index contributed by atoms with van der Waals surface area (Å²) in [5.41, 5.74) is 1.14. The number of aliphatic hydroxyl groups excluding tert-OH is 1. The van der Waals surface area contributed by atoms with Crippen molar-refractivity contribution in [3.05, 3.63) is 22.9 Å². The first kappa shape index (κ1) is 14.3. The van der Waals surface area contributed by atoms with Gasteiger partial charge in [-0.15, -0.1) is 0 Å². The number of hydrogen-bond donors (Lipinski definition) is 1. The number of hydrogen-bond acceptors (Lipinski definition) is 4. The normalized spacial score (nSPS) is 28.4. The highest BCUT2D eigenvalue weighted by atomic mass is 79.9. The third-order valence-corrected chi connectivity index (χ3v) is 5.29. The molecule has 1 spiro atoms. The number of ether oxygens (including phenoxy) is 1. The van der Waals surface area contributed by atoms with Gasteiger partial charge in [0.15, 0.2) is 0 Å². The molecule has 1 aromatic heterocycles. The minimum Gasteiger partial charge on any atom is -0.392 e. The lowest BCUT2D eigenvalue weighted by molar-refractivity contribution is -0.199. The topological polar surface area (TPSA) is 45.6 Å². The second-order valence-corrected chi connectivity index (χ2v) is 6.69. The lowest BCUT2D eigenvalue weighted by Gasteiger charge is -2.56. The molecule has 0 amide bonds. The van der Waals surface area contributed by atoms with Crippen molar-refractivity contribution in [2.75, 3.05) is 24.6 Å². The van der Waals surface area contributed by atoms with Gasteiger partial charge in [0.1, 0.15) is 0 Å². The van der Waals surface area contributed by atoms with Crippen molar-refractivity contribution in [3.8, 4) is 0 Å². The minimum absolute atomic E-state index is 0.00799. The molecule has 1 aliphatic heterocycles. The maximum absolute atomic E-state index is 10.2. The Bertz CT molecular complexity index is 473. The van der Waals surface area contributed by atoms with Gasteiger partial charge in [-0.1, -0.05) is 0 Å². The molecule has 0 bridgehead atoms. The Balaban J connectivity index is 1.67. The maximum atomic E-state index is 10.2. The van der Waals surface area contributed by atoms with Crippen LogP contribution >= 0.6 is 15.9 Å². The van der Waals surface area contributed by atoms with Crippen LogP contribution in [-0.4, -0.2) is 42.0 Å². The van der Waals surface area contributed by atoms with Crippen LogP contribution in [0.1, 0.15) is 26.2 Å². The van der Waals surface area contributed by atoms with Gasteiger partial charge in [0.25, 0.3) is 0 Å². The molecule has 2 heterocycles. The van der Waals surface area contributed by atoms with Crippen LogP contribution < -0.4 is 4.90 Å². The molecule has 20 heavy (non-hydrogen) atoms. The van der Waals surface area contributed by atoms with E-state index in [1.807, 2.05) is 13.1 Å². The van der Waals surface area contributed by atoms with Crippen LogP contribution in [0.4, 0.5) is 5.69 Å². The Hall–Kier alpha value is -0.650. The largest absolute Gasteiger partial charge is 0.392 e. The highest BCUT2D eigenvalue weighted by Crippen LogP contribution is 2.51. The first-order valence-electron chi connectivity index (χ1n) is 7.31. The highest BCUT2D eigenvalue weighted by molar-refractivity contribution is 9.10. The summed E-state index contributed by atoms with van der Waals surface area (Å²) in [5.74, 6) is 0. The fourth-order valence-electron chi connectivity index (χ4n) is 3.57. The Morgan fingerprint density at radius 2 is 2.20 bits per heavy atom. The molecular formula is C15H21BrN2O2. The van der Waals surface area contributed by atoms with Crippen molar-refractivity contribution >= 4 is 21.6 Å². The summed E-state index contributed by atoms with van der Waals surface area (Å²) in [6.45, 7) is 4.68. The van der Waals surface area contributed by atoms with E-state index in [0.29, 0.717) is 0 Å². The zero-order valence-electron chi connectivity index (χ0n) is 11.8. The predicted octanol–water partition coefficient (Wildman–Crippen LogP) is 2.60. The quantitative estimate of drug-likeness (QED) is 0.918. The van der Waals surface area contributed by atoms with Crippen molar-refractivity contribution in [1.29, 1.82) is 0 Å². The lowest BCUT2D eigenvalue weighted by atomic mass is 9.58. The first-order chi connectivity index (χ1) is 9.65. The van der Waals surface area contributed by atoms with Crippen molar-refractivity contribution < 1.29 is 9.84 Å². The van der Waals surface area contributed by atoms with Gasteiger partial charge in [0.2, 0.25) is 0 Å². The van der Waals surface area contributed by atoms with Crippen molar-refractivity contribution in [3.63, 3.8) is 0 Å². The molecule has 2 fully saturated rings. The monoisotopic (exact) mass is 340 g/mol. The van der Waals surface area contributed by atoms with Gasteiger partial charge in [0.05, 0.1) is 24.1 Å². The number of aromatic nitrogens is 1. The summed E-state index contributed by atoms with van der Waals surface area (Å²) in [6.07, 6.45) is 6.53. The maximum Gasteiger partial charge on any atom is 0.0682 e. The molecule has 1 saturated heterocycles. The molecule has 2 aliphatic rings. The van der Waals surface area contributed by atoms with E-state index in [-0.39, 0.29) is 17.6 Å². The van der Waals surface area contributed by atoms with E-state index in [1.165, 1.54) is 0 Å². The van der Waals surface area contributed by atoms with Crippen LogP contribution in [0.5, 0.6) is 0 Å². The molecule has 0 radical (unpaired) electrons. The third-order valence-electron chi connectivity index (χ3n) is 4.86. The molecule has 1 aliphatic carbocycles. The number of piperidine rings is 1. The second-order valence-electron chi connectivity index (χ2n) is 5.78. The smallest absolute Gasteiger partial charge is 0.0682 e. The molecule has 2 atom stereocenters. The molecule has 5 heteroatoms. The molecule has 1 aromatic rings. The van der Waals surface area contributed by atoms with Crippen LogP contribution in [0.15, 0.2) is 22.9 Å². The Morgan fingerprint density at radius 3 is 2.80 bits per heavy atom. The summed E-state index contributed by atoms with van der Waals surface area (Å²) >= 11 is 3.47. The average Bonchev–Trinajstić information content (AvgIpc) is 2.47. The standard InChI is InChI=1S/C15H21BrN2O2/c1-2-20-14-8-13(19)15(14)3-5-18(6-4-15)12-7-11(16)9-17-10-12/h7,9-10,13-14,19H,2-6,8H2,1H3/t13-,14-/m1/s1. The SMILES string of the molecule is CCO[C@@H]1C[C@@H](O)C12CCN(c1cncc(Br)c1)CC2. The van der Waals surface area contributed by atoms with E-state index in [0.717, 1.165) is 49.1 Å². The summed E-state index contributed by atoms with van der Waals surface area (Å²) in [4.78, 5) is 6.57. The number of aliphatic hydroxyl groups is 1. The predicted molar refractivity (Wildman–Crippen MR) is 81.9 cm³/mol. The van der Waals surface area contributed by atoms with E-state index in [1.54, 1.807) is 6.20 Å². The first-order valence-corrected chi connectivity index (χ1v) is 8.10. The van der Waals surface area contributed by atoms with Gasteiger partial charge < -0.3 is 14.7 Å². The van der Waals surface area contributed by atoms with E-state index >= 15 is 0 Å². The zero-order valence-corrected chi connectivity index (χ0v) is 13.3. The van der Waals surface area contributed by atoms with E-state index in [4.69, 9.17) is 4.74 Å². The second kappa shape index (κ2) is 5.62. The fourth-order valence-corrected chi connectivity index (χ4v) is 3.92. The van der Waals surface area contributed by atoms with Crippen LogP contribution in [0, 0.1) is 5.41 Å². The molecule has 0 unspecified atom stereocenters. The van der Waals surface area contributed by atoms with Crippen LogP contribution in [0.2, 0.25) is 0 Å². The van der Waals surface area contributed by atoms with Gasteiger partial charge in [0, 0.05) is 42.2 Å². The highest BCUT2D eigenvalue weighted by Gasteiger charge is 2.56. The number of rotatable bonds is 3. The summed E-state index contributed by atoms with van der Waals surface area (Å²) < 4.78 is 6.81. The number of pyridine rings is 1. The van der Waals surface area contributed by atoms with E-state index < -0.39 is 0 Å². The molecule has 1 N–H and O–H groups in total. The molecule has 0 aromatic carbocycles. The fraction of sp³-hybridized carbons (Fsp3) is 0.667. The summed E-state index contributed by atoms with van der Waals surface area (Å²) in [6, 6.07) is 2.10. The van der Waals surface area contributed by atoms with E-state index in [9.17, 15) is 5.11 Å². The molecule has 110 valence electrons. The zero-order chi connectivity index (χ0) is 14.2. The average molecular weight is 341 g/mol. The Kier molecular flexibility index (Phi) is 4.02. The number of halogens is 1. The Labute approximate surface area is 128 Å². The summed E-state index contributed by atoms with van der Waals surface area (Å²) in [7, 11) is 0. The minimum atomic E-state index is -0.193. The van der Waals surface area contributed by atoms with Gasteiger partial charge in [-0.3, -0.25) is 4.98 Å². The Morgan fingerprint density at radius 1 is 1.45 bits per heavy atom. The van der Waals surface area contributed by atoms with Crippen molar-refractivity contribution in [2.45, 2.75) is 38.4 Å².